The van der Waals surface area contributed by atoms with Crippen molar-refractivity contribution in [2.45, 2.75) is 38.1 Å². The molecule has 0 spiro atoms. The van der Waals surface area contributed by atoms with Crippen LogP contribution in [-0.2, 0) is 0 Å². The van der Waals surface area contributed by atoms with Gasteiger partial charge < -0.3 is 19.5 Å². The van der Waals surface area contributed by atoms with Crippen LogP contribution in [-0.4, -0.2) is 38.4 Å². The zero-order chi connectivity index (χ0) is 18.2. The second-order valence-electron chi connectivity index (χ2n) is 5.79. The highest BCUT2D eigenvalue weighted by atomic mass is 32.1. The van der Waals surface area contributed by atoms with Crippen molar-refractivity contribution in [1.29, 1.82) is 0 Å². The topological polar surface area (TPSA) is 80.9 Å². The zero-order valence-corrected chi connectivity index (χ0v) is 15.6. The average molecular weight is 367 g/mol. The molecule has 7 nitrogen and oxygen atoms in total. The van der Waals surface area contributed by atoms with E-state index < -0.39 is 0 Å². The van der Waals surface area contributed by atoms with E-state index in [4.69, 9.17) is 26.4 Å². The van der Waals surface area contributed by atoms with Crippen molar-refractivity contribution >= 4 is 23.2 Å². The first-order valence-electron chi connectivity index (χ1n) is 8.26. The van der Waals surface area contributed by atoms with Gasteiger partial charge in [-0.3, -0.25) is 15.6 Å². The van der Waals surface area contributed by atoms with E-state index in [0.717, 1.165) is 12.8 Å². The highest BCUT2D eigenvalue weighted by molar-refractivity contribution is 7.80. The van der Waals surface area contributed by atoms with Gasteiger partial charge in [-0.25, -0.2) is 0 Å². The average Bonchev–Trinajstić information content (AvgIpc) is 2.65. The lowest BCUT2D eigenvalue weighted by Crippen LogP contribution is -2.50. The minimum Gasteiger partial charge on any atom is -0.496 e. The number of methoxy groups -OCH3 is 3. The van der Waals surface area contributed by atoms with Gasteiger partial charge in [0, 0.05) is 18.2 Å². The summed E-state index contributed by atoms with van der Waals surface area (Å²) in [6, 6.07) is 3.53. The van der Waals surface area contributed by atoms with Crippen LogP contribution in [0.2, 0.25) is 0 Å². The molecule has 0 bridgehead atoms. The molecule has 1 aromatic carbocycles. The fourth-order valence-electron chi connectivity index (χ4n) is 2.86. The zero-order valence-electron chi connectivity index (χ0n) is 14.8. The number of thiocarbonyl (C=S) groups is 1. The molecule has 0 heterocycles. The summed E-state index contributed by atoms with van der Waals surface area (Å²) >= 11 is 5.24. The van der Waals surface area contributed by atoms with Gasteiger partial charge >= 0.3 is 0 Å². The Labute approximate surface area is 153 Å². The van der Waals surface area contributed by atoms with E-state index in [9.17, 15) is 4.79 Å². The second-order valence-corrected chi connectivity index (χ2v) is 6.20. The summed E-state index contributed by atoms with van der Waals surface area (Å²) < 4.78 is 15.7. The van der Waals surface area contributed by atoms with Crippen LogP contribution in [0, 0.1) is 0 Å². The van der Waals surface area contributed by atoms with Crippen LogP contribution in [0.25, 0.3) is 0 Å². The Morgan fingerprint density at radius 1 is 0.960 bits per heavy atom. The molecule has 0 saturated heterocycles. The highest BCUT2D eigenvalue weighted by Gasteiger charge is 2.18. The lowest BCUT2D eigenvalue weighted by atomic mass is 9.96. The van der Waals surface area contributed by atoms with E-state index in [2.05, 4.69) is 16.2 Å². The molecule has 1 saturated carbocycles. The Balaban J connectivity index is 1.98. The normalized spacial score (nSPS) is 14.4. The summed E-state index contributed by atoms with van der Waals surface area (Å²) in [7, 11) is 4.52. The van der Waals surface area contributed by atoms with E-state index in [1.807, 2.05) is 0 Å². The van der Waals surface area contributed by atoms with Gasteiger partial charge in [0.05, 0.1) is 26.9 Å². The molecular weight excluding hydrogens is 342 g/mol. The Morgan fingerprint density at radius 2 is 1.56 bits per heavy atom. The monoisotopic (exact) mass is 367 g/mol. The Hall–Kier alpha value is -2.22. The van der Waals surface area contributed by atoms with Crippen LogP contribution in [0.15, 0.2) is 12.1 Å². The molecular formula is C17H25N3O4S. The summed E-state index contributed by atoms with van der Waals surface area (Å²) in [5, 5.41) is 3.63. The molecule has 138 valence electrons. The van der Waals surface area contributed by atoms with Crippen LogP contribution in [0.4, 0.5) is 0 Å². The van der Waals surface area contributed by atoms with Gasteiger partial charge in [0.2, 0.25) is 0 Å². The largest absolute Gasteiger partial charge is 0.496 e. The number of rotatable bonds is 5. The number of nitrogens with one attached hydrogen (secondary N) is 3. The molecule has 3 N–H and O–H groups in total. The Morgan fingerprint density at radius 3 is 2.16 bits per heavy atom. The van der Waals surface area contributed by atoms with Crippen LogP contribution >= 0.6 is 12.2 Å². The molecule has 0 atom stereocenters. The van der Waals surface area contributed by atoms with E-state index in [1.165, 1.54) is 40.6 Å². The summed E-state index contributed by atoms with van der Waals surface area (Å²) in [4.78, 5) is 12.5. The lowest BCUT2D eigenvalue weighted by molar-refractivity contribution is 0.0940. The maximum Gasteiger partial charge on any atom is 0.273 e. The molecule has 1 aliphatic carbocycles. The molecule has 0 unspecified atom stereocenters. The fourth-order valence-corrected chi connectivity index (χ4v) is 3.07. The predicted octanol–water partition coefficient (Wildman–Crippen LogP) is 2.15. The fraction of sp³-hybridized carbons (Fsp3) is 0.529. The van der Waals surface area contributed by atoms with Gasteiger partial charge in [0.15, 0.2) is 16.6 Å². The molecule has 1 aromatic rings. The van der Waals surface area contributed by atoms with Gasteiger partial charge in [-0.2, -0.15) is 0 Å². The third-order valence-electron chi connectivity index (χ3n) is 4.18. The maximum atomic E-state index is 12.5. The van der Waals surface area contributed by atoms with Crippen molar-refractivity contribution in [2.24, 2.45) is 0 Å². The van der Waals surface area contributed by atoms with Crippen LogP contribution in [0.5, 0.6) is 17.2 Å². The van der Waals surface area contributed by atoms with Crippen LogP contribution in [0.1, 0.15) is 42.5 Å². The van der Waals surface area contributed by atoms with Crippen molar-refractivity contribution in [3.8, 4) is 17.2 Å². The van der Waals surface area contributed by atoms with Gasteiger partial charge in [-0.15, -0.1) is 0 Å². The molecule has 1 amide bonds. The number of hydrazine groups is 1. The van der Waals surface area contributed by atoms with E-state index >= 15 is 0 Å². The number of hydrogen-bond acceptors (Lipinski definition) is 5. The van der Waals surface area contributed by atoms with E-state index in [1.54, 1.807) is 12.1 Å². The molecule has 1 fully saturated rings. The SMILES string of the molecule is COc1cc(OC)c(C(=O)NNC(=S)NC2CCCCC2)cc1OC. The molecule has 0 aromatic heterocycles. The summed E-state index contributed by atoms with van der Waals surface area (Å²) in [6.07, 6.45) is 5.87. The van der Waals surface area contributed by atoms with Crippen molar-refractivity contribution in [2.75, 3.05) is 21.3 Å². The number of hydrogen-bond donors (Lipinski definition) is 3. The van der Waals surface area contributed by atoms with E-state index in [-0.39, 0.29) is 5.91 Å². The molecule has 2 rings (SSSR count). The lowest BCUT2D eigenvalue weighted by Gasteiger charge is -2.24. The van der Waals surface area contributed by atoms with Crippen LogP contribution in [0.3, 0.4) is 0 Å². The Kier molecular flexibility index (Phi) is 7.12. The van der Waals surface area contributed by atoms with Crippen molar-refractivity contribution in [1.82, 2.24) is 16.2 Å². The van der Waals surface area contributed by atoms with Gasteiger partial charge in [0.25, 0.3) is 5.91 Å². The number of amides is 1. The van der Waals surface area contributed by atoms with Crippen molar-refractivity contribution in [3.63, 3.8) is 0 Å². The first-order chi connectivity index (χ1) is 12.1. The quantitative estimate of drug-likeness (QED) is 0.543. The second kappa shape index (κ2) is 9.31. The molecule has 1 aliphatic rings. The summed E-state index contributed by atoms with van der Waals surface area (Å²) in [5.74, 6) is 0.920. The summed E-state index contributed by atoms with van der Waals surface area (Å²) in [6.45, 7) is 0. The van der Waals surface area contributed by atoms with Gasteiger partial charge in [-0.05, 0) is 25.1 Å². The molecule has 0 aliphatic heterocycles. The first kappa shape index (κ1) is 19.1. The number of carbonyl (C=O) groups excluding carboxylic acids is 1. The summed E-state index contributed by atoms with van der Waals surface area (Å²) in [5.41, 5.74) is 5.63. The number of carbonyl (C=O) groups is 1. The third-order valence-corrected chi connectivity index (χ3v) is 4.40. The number of ether oxygens (including phenoxy) is 3. The van der Waals surface area contributed by atoms with Gasteiger partial charge in [-0.1, -0.05) is 19.3 Å². The molecule has 25 heavy (non-hydrogen) atoms. The standard InChI is InChI=1S/C17H25N3O4S/c1-22-13-10-15(24-3)14(23-2)9-12(13)16(21)19-20-17(25)18-11-7-5-4-6-8-11/h9-11H,4-8H2,1-3H3,(H,19,21)(H2,18,20,25). The Bertz CT molecular complexity index is 618. The van der Waals surface area contributed by atoms with Gasteiger partial charge in [0.1, 0.15) is 5.75 Å². The smallest absolute Gasteiger partial charge is 0.273 e. The minimum atomic E-state index is -0.384. The number of benzene rings is 1. The van der Waals surface area contributed by atoms with Crippen LogP contribution < -0.4 is 30.4 Å². The predicted molar refractivity (Wildman–Crippen MR) is 99.3 cm³/mol. The highest BCUT2D eigenvalue weighted by Crippen LogP contribution is 2.34. The molecule has 8 heteroatoms. The first-order valence-corrected chi connectivity index (χ1v) is 8.66. The van der Waals surface area contributed by atoms with Crippen molar-refractivity contribution in [3.05, 3.63) is 17.7 Å². The third kappa shape index (κ3) is 5.12. The van der Waals surface area contributed by atoms with Crippen molar-refractivity contribution < 1.29 is 19.0 Å². The molecule has 0 radical (unpaired) electrons. The minimum absolute atomic E-state index is 0.313. The maximum absolute atomic E-state index is 12.5. The van der Waals surface area contributed by atoms with E-state index in [0.29, 0.717) is 34.0 Å².